The quantitative estimate of drug-likeness (QED) is 0.829. The molecule has 1 saturated carbocycles. The molecule has 134 valence electrons. The minimum absolute atomic E-state index is 0.360. The first-order chi connectivity index (χ1) is 11.7. The molecule has 1 aliphatic heterocycles. The van der Waals surface area contributed by atoms with E-state index < -0.39 is 6.10 Å². The van der Waals surface area contributed by atoms with Gasteiger partial charge in [0.1, 0.15) is 0 Å². The Kier molecular flexibility index (Phi) is 5.98. The van der Waals surface area contributed by atoms with Crippen molar-refractivity contribution in [3.05, 3.63) is 23.3 Å². The zero-order chi connectivity index (χ0) is 16.9. The monoisotopic (exact) mass is 335 g/mol. The lowest BCUT2D eigenvalue weighted by Crippen LogP contribution is -2.38. The highest BCUT2D eigenvalue weighted by Gasteiger charge is 2.22. The molecule has 0 spiro atoms. The number of ether oxygens (including phenoxy) is 3. The standard InChI is InChI=1S/C19H29NO4/c1-22-18-9-14-7-8-20(11-15(14)10-19(18)23-2)12-16(21)13-24-17-5-3-4-6-17/h9-10,16-17,21H,3-8,11-13H2,1-2H3/t16-/m0/s1. The van der Waals surface area contributed by atoms with Crippen LogP contribution in [0.5, 0.6) is 11.5 Å². The average Bonchev–Trinajstić information content (AvgIpc) is 3.12. The number of β-amino-alcohol motifs (C(OH)–C–C–N with tert-alkyl or cyclic N) is 1. The van der Waals surface area contributed by atoms with E-state index in [-0.39, 0.29) is 0 Å². The third-order valence-electron chi connectivity index (χ3n) is 5.09. The molecule has 1 N–H and O–H groups in total. The zero-order valence-corrected chi connectivity index (χ0v) is 14.8. The summed E-state index contributed by atoms with van der Waals surface area (Å²) in [7, 11) is 3.33. The van der Waals surface area contributed by atoms with Crippen molar-refractivity contribution >= 4 is 0 Å². The van der Waals surface area contributed by atoms with Gasteiger partial charge in [-0.15, -0.1) is 0 Å². The molecule has 0 amide bonds. The van der Waals surface area contributed by atoms with Gasteiger partial charge in [-0.25, -0.2) is 0 Å². The van der Waals surface area contributed by atoms with E-state index in [1.807, 2.05) is 0 Å². The molecule has 0 aromatic heterocycles. The summed E-state index contributed by atoms with van der Waals surface area (Å²) >= 11 is 0. The molecular formula is C19H29NO4. The predicted octanol–water partition coefficient (Wildman–Crippen LogP) is 2.38. The summed E-state index contributed by atoms with van der Waals surface area (Å²) in [5.74, 6) is 1.55. The second-order valence-corrected chi connectivity index (χ2v) is 6.85. The number of fused-ring (bicyclic) bond motifs is 1. The summed E-state index contributed by atoms with van der Waals surface area (Å²) in [5, 5.41) is 10.3. The van der Waals surface area contributed by atoms with Crippen LogP contribution in [0.4, 0.5) is 0 Å². The van der Waals surface area contributed by atoms with Crippen molar-refractivity contribution in [1.82, 2.24) is 4.90 Å². The summed E-state index contributed by atoms with van der Waals surface area (Å²) in [6, 6.07) is 4.13. The molecule has 5 heteroatoms. The molecule has 5 nitrogen and oxygen atoms in total. The SMILES string of the molecule is COc1cc2c(cc1OC)CN(C[C@H](O)COC1CCCC1)CC2. The highest BCUT2D eigenvalue weighted by atomic mass is 16.5. The van der Waals surface area contributed by atoms with Gasteiger partial charge in [0.15, 0.2) is 11.5 Å². The van der Waals surface area contributed by atoms with Gasteiger partial charge in [-0.1, -0.05) is 12.8 Å². The maximum Gasteiger partial charge on any atom is 0.161 e. The average molecular weight is 335 g/mol. The van der Waals surface area contributed by atoms with Crippen LogP contribution in [0.2, 0.25) is 0 Å². The molecule has 1 aliphatic carbocycles. The molecule has 0 saturated heterocycles. The largest absolute Gasteiger partial charge is 0.493 e. The Bertz CT molecular complexity index is 542. The van der Waals surface area contributed by atoms with Gasteiger partial charge in [-0.2, -0.15) is 0 Å². The molecule has 1 fully saturated rings. The van der Waals surface area contributed by atoms with Crippen LogP contribution < -0.4 is 9.47 Å². The first-order valence-corrected chi connectivity index (χ1v) is 8.95. The van der Waals surface area contributed by atoms with Gasteiger partial charge < -0.3 is 19.3 Å². The number of nitrogens with zero attached hydrogens (tertiary/aromatic N) is 1. The fraction of sp³-hybridized carbons (Fsp3) is 0.684. The maximum absolute atomic E-state index is 10.3. The second-order valence-electron chi connectivity index (χ2n) is 6.85. The number of hydrogen-bond acceptors (Lipinski definition) is 5. The smallest absolute Gasteiger partial charge is 0.161 e. The van der Waals surface area contributed by atoms with Gasteiger partial charge in [-0.05, 0) is 42.5 Å². The molecule has 24 heavy (non-hydrogen) atoms. The van der Waals surface area contributed by atoms with E-state index in [1.165, 1.54) is 24.0 Å². The third kappa shape index (κ3) is 4.21. The lowest BCUT2D eigenvalue weighted by atomic mass is 9.98. The van der Waals surface area contributed by atoms with Gasteiger partial charge in [0.25, 0.3) is 0 Å². The van der Waals surface area contributed by atoms with Gasteiger partial charge in [-0.3, -0.25) is 4.90 Å². The van der Waals surface area contributed by atoms with Gasteiger partial charge in [0.05, 0.1) is 33.0 Å². The zero-order valence-electron chi connectivity index (χ0n) is 14.8. The van der Waals surface area contributed by atoms with E-state index in [1.54, 1.807) is 14.2 Å². The number of aliphatic hydroxyl groups excluding tert-OH is 1. The van der Waals surface area contributed by atoms with Crippen LogP contribution >= 0.6 is 0 Å². The van der Waals surface area contributed by atoms with Crippen molar-refractivity contribution in [3.63, 3.8) is 0 Å². The lowest BCUT2D eigenvalue weighted by molar-refractivity contribution is -0.0198. The first-order valence-electron chi connectivity index (χ1n) is 8.95. The molecule has 1 atom stereocenters. The Morgan fingerprint density at radius 2 is 1.79 bits per heavy atom. The summed E-state index contributed by atoms with van der Waals surface area (Å²) in [4.78, 5) is 2.29. The van der Waals surface area contributed by atoms with Crippen molar-refractivity contribution in [2.24, 2.45) is 0 Å². The summed E-state index contributed by atoms with van der Waals surface area (Å²) < 4.78 is 16.6. The van der Waals surface area contributed by atoms with Crippen LogP contribution in [0.1, 0.15) is 36.8 Å². The van der Waals surface area contributed by atoms with Crippen LogP contribution in [0.15, 0.2) is 12.1 Å². The lowest BCUT2D eigenvalue weighted by Gasteiger charge is -2.31. The van der Waals surface area contributed by atoms with Crippen molar-refractivity contribution in [2.45, 2.75) is 50.9 Å². The molecule has 1 heterocycles. The van der Waals surface area contributed by atoms with Crippen molar-refractivity contribution in [1.29, 1.82) is 0 Å². The highest BCUT2D eigenvalue weighted by Crippen LogP contribution is 2.33. The second kappa shape index (κ2) is 8.19. The molecule has 3 rings (SSSR count). The van der Waals surface area contributed by atoms with E-state index in [2.05, 4.69) is 17.0 Å². The number of benzene rings is 1. The van der Waals surface area contributed by atoms with E-state index in [4.69, 9.17) is 14.2 Å². The van der Waals surface area contributed by atoms with Crippen LogP contribution in [0, 0.1) is 0 Å². The molecule has 2 aliphatic rings. The maximum atomic E-state index is 10.3. The van der Waals surface area contributed by atoms with Crippen molar-refractivity contribution in [3.8, 4) is 11.5 Å². The fourth-order valence-electron chi connectivity index (χ4n) is 3.75. The number of rotatable bonds is 7. The molecular weight excluding hydrogens is 306 g/mol. The molecule has 1 aromatic rings. The van der Waals surface area contributed by atoms with Crippen molar-refractivity contribution < 1.29 is 19.3 Å². The molecule has 0 radical (unpaired) electrons. The topological polar surface area (TPSA) is 51.2 Å². The summed E-state index contributed by atoms with van der Waals surface area (Å²) in [5.41, 5.74) is 2.56. The predicted molar refractivity (Wildman–Crippen MR) is 92.7 cm³/mol. The number of methoxy groups -OCH3 is 2. The van der Waals surface area contributed by atoms with Gasteiger partial charge in [0, 0.05) is 19.6 Å². The van der Waals surface area contributed by atoms with Crippen LogP contribution in [0.25, 0.3) is 0 Å². The van der Waals surface area contributed by atoms with Crippen molar-refractivity contribution in [2.75, 3.05) is 33.9 Å². The van der Waals surface area contributed by atoms with Crippen LogP contribution in [-0.2, 0) is 17.7 Å². The highest BCUT2D eigenvalue weighted by molar-refractivity contribution is 5.48. The number of hydrogen-bond donors (Lipinski definition) is 1. The normalized spacial score (nSPS) is 20.0. The van der Waals surface area contributed by atoms with Crippen LogP contribution in [0.3, 0.4) is 0 Å². The first kappa shape index (κ1) is 17.5. The minimum atomic E-state index is -0.424. The van der Waals surface area contributed by atoms with Gasteiger partial charge in [0.2, 0.25) is 0 Å². The molecule has 0 bridgehead atoms. The Morgan fingerprint density at radius 3 is 2.46 bits per heavy atom. The van der Waals surface area contributed by atoms with E-state index in [0.717, 1.165) is 43.9 Å². The Balaban J connectivity index is 1.54. The fourth-order valence-corrected chi connectivity index (χ4v) is 3.75. The molecule has 0 unspecified atom stereocenters. The molecule has 1 aromatic carbocycles. The van der Waals surface area contributed by atoms with E-state index in [9.17, 15) is 5.11 Å². The summed E-state index contributed by atoms with van der Waals surface area (Å²) in [6.07, 6.45) is 5.71. The van der Waals surface area contributed by atoms with Crippen LogP contribution in [-0.4, -0.2) is 56.1 Å². The Morgan fingerprint density at radius 1 is 1.12 bits per heavy atom. The summed E-state index contributed by atoms with van der Waals surface area (Å²) in [6.45, 7) is 2.87. The van der Waals surface area contributed by atoms with Gasteiger partial charge >= 0.3 is 0 Å². The van der Waals surface area contributed by atoms with E-state index >= 15 is 0 Å². The Labute approximate surface area is 144 Å². The van der Waals surface area contributed by atoms with E-state index in [0.29, 0.717) is 19.3 Å². The minimum Gasteiger partial charge on any atom is -0.493 e. The Hall–Kier alpha value is -1.30. The third-order valence-corrected chi connectivity index (χ3v) is 5.09. The number of aliphatic hydroxyl groups is 1.